The quantitative estimate of drug-likeness (QED) is 0.296. The fourth-order valence-corrected chi connectivity index (χ4v) is 2.48. The van der Waals surface area contributed by atoms with Crippen molar-refractivity contribution in [2.24, 2.45) is 11.7 Å². The molecule has 26 heavy (non-hydrogen) atoms. The highest BCUT2D eigenvalue weighted by Gasteiger charge is 2.26. The molecule has 0 heterocycles. The predicted molar refractivity (Wildman–Crippen MR) is 101 cm³/mol. The Balaban J connectivity index is 4.70. The molecule has 0 aliphatic rings. The molecule has 150 valence electrons. The van der Waals surface area contributed by atoms with E-state index in [1.165, 1.54) is 18.7 Å². The molecule has 0 fully saturated rings. The molecular formula is C16H30N4O5S. The largest absolute Gasteiger partial charge is 0.480 e. The minimum Gasteiger partial charge on any atom is -0.480 e. The molecular weight excluding hydrogens is 360 g/mol. The Morgan fingerprint density at radius 1 is 1.12 bits per heavy atom. The molecule has 0 bridgehead atoms. The van der Waals surface area contributed by atoms with Crippen LogP contribution in [0.1, 0.15) is 33.6 Å². The summed E-state index contributed by atoms with van der Waals surface area (Å²) in [5.74, 6) is -2.31. The minimum absolute atomic E-state index is 0.244. The number of hydrogen-bond donors (Lipinski definition) is 5. The highest BCUT2D eigenvalue weighted by molar-refractivity contribution is 7.98. The lowest BCUT2D eigenvalue weighted by Crippen LogP contribution is -2.53. The van der Waals surface area contributed by atoms with Crippen molar-refractivity contribution in [1.82, 2.24) is 16.0 Å². The van der Waals surface area contributed by atoms with Crippen LogP contribution in [-0.2, 0) is 19.2 Å². The van der Waals surface area contributed by atoms with Crippen molar-refractivity contribution in [1.29, 1.82) is 0 Å². The van der Waals surface area contributed by atoms with E-state index in [1.807, 2.05) is 13.2 Å². The fraction of sp³-hybridized carbons (Fsp3) is 0.750. The molecule has 0 aromatic rings. The summed E-state index contributed by atoms with van der Waals surface area (Å²) in [7, 11) is 0. The summed E-state index contributed by atoms with van der Waals surface area (Å²) in [5, 5.41) is 16.5. The Morgan fingerprint density at radius 2 is 1.73 bits per heavy atom. The van der Waals surface area contributed by atoms with Gasteiger partial charge in [0.05, 0.1) is 12.6 Å². The molecule has 6 N–H and O–H groups in total. The molecule has 0 saturated carbocycles. The highest BCUT2D eigenvalue weighted by Crippen LogP contribution is 2.07. The maximum Gasteiger partial charge on any atom is 0.326 e. The molecule has 0 aromatic carbocycles. The second-order valence-electron chi connectivity index (χ2n) is 6.12. The third-order valence-corrected chi connectivity index (χ3v) is 4.52. The van der Waals surface area contributed by atoms with Gasteiger partial charge in [0.2, 0.25) is 17.7 Å². The van der Waals surface area contributed by atoms with Gasteiger partial charge in [-0.1, -0.05) is 20.3 Å². The van der Waals surface area contributed by atoms with Crippen LogP contribution in [0.4, 0.5) is 0 Å². The molecule has 0 aliphatic carbocycles. The van der Waals surface area contributed by atoms with E-state index in [-0.39, 0.29) is 12.5 Å². The van der Waals surface area contributed by atoms with E-state index in [0.717, 1.165) is 0 Å². The summed E-state index contributed by atoms with van der Waals surface area (Å²) in [6, 6.07) is -2.58. The van der Waals surface area contributed by atoms with Crippen molar-refractivity contribution in [3.05, 3.63) is 0 Å². The van der Waals surface area contributed by atoms with Gasteiger partial charge in [-0.25, -0.2) is 4.79 Å². The van der Waals surface area contributed by atoms with E-state index in [0.29, 0.717) is 18.6 Å². The Bertz CT molecular complexity index is 501. The Labute approximate surface area is 158 Å². The normalized spacial score (nSPS) is 15.3. The van der Waals surface area contributed by atoms with Crippen molar-refractivity contribution in [2.75, 3.05) is 18.6 Å². The first kappa shape index (κ1) is 24.2. The number of carbonyl (C=O) groups is 4. The lowest BCUT2D eigenvalue weighted by atomic mass is 9.99. The lowest BCUT2D eigenvalue weighted by Gasteiger charge is -2.21. The first-order valence-electron chi connectivity index (χ1n) is 8.48. The average Bonchev–Trinajstić information content (AvgIpc) is 2.59. The maximum atomic E-state index is 12.2. The predicted octanol–water partition coefficient (Wildman–Crippen LogP) is -0.697. The number of carboxylic acid groups (broad SMARTS) is 1. The van der Waals surface area contributed by atoms with Crippen LogP contribution in [0.3, 0.4) is 0 Å². The number of thioether (sulfide) groups is 1. The fourth-order valence-electron chi connectivity index (χ4n) is 2.01. The molecule has 0 aliphatic heterocycles. The summed E-state index contributed by atoms with van der Waals surface area (Å²) in [5.41, 5.74) is 5.49. The van der Waals surface area contributed by atoms with Gasteiger partial charge in [0.1, 0.15) is 12.1 Å². The monoisotopic (exact) mass is 390 g/mol. The van der Waals surface area contributed by atoms with Gasteiger partial charge in [0.15, 0.2) is 0 Å². The summed E-state index contributed by atoms with van der Waals surface area (Å²) < 4.78 is 0. The molecule has 4 unspecified atom stereocenters. The van der Waals surface area contributed by atoms with Crippen LogP contribution in [0.2, 0.25) is 0 Å². The van der Waals surface area contributed by atoms with Crippen molar-refractivity contribution in [3.63, 3.8) is 0 Å². The second kappa shape index (κ2) is 12.5. The summed E-state index contributed by atoms with van der Waals surface area (Å²) in [6.07, 6.45) is 2.85. The lowest BCUT2D eigenvalue weighted by molar-refractivity contribution is -0.143. The smallest absolute Gasteiger partial charge is 0.326 e. The Morgan fingerprint density at radius 3 is 2.19 bits per heavy atom. The average molecular weight is 391 g/mol. The Kier molecular flexibility index (Phi) is 11.7. The molecule has 10 heteroatoms. The molecule has 0 spiro atoms. The molecule has 0 radical (unpaired) electrons. The van der Waals surface area contributed by atoms with Crippen LogP contribution in [0.25, 0.3) is 0 Å². The molecule has 4 atom stereocenters. The van der Waals surface area contributed by atoms with Gasteiger partial charge < -0.3 is 26.8 Å². The summed E-state index contributed by atoms with van der Waals surface area (Å²) in [4.78, 5) is 47.1. The number of aliphatic carboxylic acids is 1. The molecule has 3 amide bonds. The van der Waals surface area contributed by atoms with Crippen LogP contribution in [0, 0.1) is 5.92 Å². The molecule has 0 saturated heterocycles. The standard InChI is InChI=1S/C16H30N4O5S/c1-5-9(2)13(16(24)25)20-12(21)8-18-15(23)11(6-7-26-4)19-14(22)10(3)17/h9-11,13H,5-8,17H2,1-4H3,(H,18,23)(H,19,22)(H,20,21)(H,24,25). The van der Waals surface area contributed by atoms with Crippen molar-refractivity contribution < 1.29 is 24.3 Å². The topological polar surface area (TPSA) is 151 Å². The van der Waals surface area contributed by atoms with Crippen LogP contribution < -0.4 is 21.7 Å². The van der Waals surface area contributed by atoms with Crippen LogP contribution >= 0.6 is 11.8 Å². The first-order chi connectivity index (χ1) is 12.1. The van der Waals surface area contributed by atoms with Gasteiger partial charge in [0.25, 0.3) is 0 Å². The highest BCUT2D eigenvalue weighted by atomic mass is 32.2. The van der Waals surface area contributed by atoms with E-state index in [9.17, 15) is 24.3 Å². The minimum atomic E-state index is -1.12. The number of carboxylic acids is 1. The second-order valence-corrected chi connectivity index (χ2v) is 7.10. The Hall–Kier alpha value is -1.81. The van der Waals surface area contributed by atoms with Crippen LogP contribution in [0.5, 0.6) is 0 Å². The number of hydrogen-bond acceptors (Lipinski definition) is 6. The zero-order valence-electron chi connectivity index (χ0n) is 15.7. The van der Waals surface area contributed by atoms with Crippen molar-refractivity contribution >= 4 is 35.5 Å². The third-order valence-electron chi connectivity index (χ3n) is 3.88. The van der Waals surface area contributed by atoms with Gasteiger partial charge in [-0.3, -0.25) is 14.4 Å². The molecule has 9 nitrogen and oxygen atoms in total. The van der Waals surface area contributed by atoms with E-state index in [2.05, 4.69) is 16.0 Å². The number of amides is 3. The van der Waals surface area contributed by atoms with Gasteiger partial charge in [-0.05, 0) is 31.3 Å². The number of carbonyl (C=O) groups excluding carboxylic acids is 3. The van der Waals surface area contributed by atoms with Gasteiger partial charge in [-0.2, -0.15) is 11.8 Å². The number of rotatable bonds is 12. The van der Waals surface area contributed by atoms with Crippen molar-refractivity contribution in [2.45, 2.75) is 51.7 Å². The number of nitrogens with one attached hydrogen (secondary N) is 3. The maximum absolute atomic E-state index is 12.2. The zero-order valence-corrected chi connectivity index (χ0v) is 16.5. The van der Waals surface area contributed by atoms with Gasteiger partial charge in [0, 0.05) is 0 Å². The van der Waals surface area contributed by atoms with Crippen LogP contribution in [0.15, 0.2) is 0 Å². The third kappa shape index (κ3) is 9.04. The molecule has 0 aromatic heterocycles. The SMILES string of the molecule is CCC(C)C(NC(=O)CNC(=O)C(CCSC)NC(=O)C(C)N)C(=O)O. The summed E-state index contributed by atoms with van der Waals surface area (Å²) >= 11 is 1.52. The summed E-state index contributed by atoms with van der Waals surface area (Å²) in [6.45, 7) is 4.68. The van der Waals surface area contributed by atoms with E-state index in [4.69, 9.17) is 5.73 Å². The first-order valence-corrected chi connectivity index (χ1v) is 9.88. The van der Waals surface area contributed by atoms with Crippen molar-refractivity contribution in [3.8, 4) is 0 Å². The van der Waals surface area contributed by atoms with Crippen LogP contribution in [-0.4, -0.2) is 65.5 Å². The zero-order chi connectivity index (χ0) is 20.3. The van der Waals surface area contributed by atoms with Gasteiger partial charge in [-0.15, -0.1) is 0 Å². The van der Waals surface area contributed by atoms with E-state index >= 15 is 0 Å². The number of nitrogens with two attached hydrogens (primary N) is 1. The molecule has 0 rings (SSSR count). The van der Waals surface area contributed by atoms with E-state index in [1.54, 1.807) is 6.92 Å². The van der Waals surface area contributed by atoms with E-state index < -0.39 is 41.8 Å². The van der Waals surface area contributed by atoms with Gasteiger partial charge >= 0.3 is 5.97 Å².